The van der Waals surface area contributed by atoms with Crippen LogP contribution in [-0.4, -0.2) is 14.7 Å². The molecule has 0 aromatic heterocycles. The van der Waals surface area contributed by atoms with Crippen LogP contribution in [0.15, 0.2) is 53.4 Å². The first kappa shape index (κ1) is 15.7. The highest BCUT2D eigenvalue weighted by molar-refractivity contribution is 7.90. The van der Waals surface area contributed by atoms with E-state index in [1.165, 1.54) is 12.3 Å². The van der Waals surface area contributed by atoms with E-state index in [4.69, 9.17) is 0 Å². The van der Waals surface area contributed by atoms with Gasteiger partial charge in [0.15, 0.2) is 9.84 Å². The monoisotopic (exact) mass is 307 g/mol. The third-order valence-electron chi connectivity index (χ3n) is 3.36. The first-order chi connectivity index (χ1) is 9.88. The number of halogens is 1. The van der Waals surface area contributed by atoms with Crippen LogP contribution in [0.2, 0.25) is 0 Å². The van der Waals surface area contributed by atoms with Gasteiger partial charge < -0.3 is 5.32 Å². The average Bonchev–Trinajstić information content (AvgIpc) is 2.45. The van der Waals surface area contributed by atoms with Gasteiger partial charge in [0.2, 0.25) is 0 Å². The number of hydrogen-bond acceptors (Lipinski definition) is 3. The van der Waals surface area contributed by atoms with Crippen LogP contribution in [0.25, 0.3) is 0 Å². The van der Waals surface area contributed by atoms with Crippen LogP contribution < -0.4 is 5.32 Å². The van der Waals surface area contributed by atoms with Gasteiger partial charge in [-0.3, -0.25) is 0 Å². The van der Waals surface area contributed by atoms with E-state index in [9.17, 15) is 12.8 Å². The first-order valence-corrected chi connectivity index (χ1v) is 8.54. The molecule has 0 amide bonds. The maximum Gasteiger partial charge on any atom is 0.175 e. The highest BCUT2D eigenvalue weighted by Gasteiger charge is 2.10. The van der Waals surface area contributed by atoms with Crippen LogP contribution in [0.3, 0.4) is 0 Å². The van der Waals surface area contributed by atoms with E-state index in [0.29, 0.717) is 17.0 Å². The molecule has 1 unspecified atom stereocenters. The lowest BCUT2D eigenvalue weighted by Crippen LogP contribution is -2.18. The summed E-state index contributed by atoms with van der Waals surface area (Å²) in [4.78, 5) is 0.299. The fourth-order valence-corrected chi connectivity index (χ4v) is 2.66. The topological polar surface area (TPSA) is 46.2 Å². The van der Waals surface area contributed by atoms with Crippen LogP contribution in [0.4, 0.5) is 4.39 Å². The molecule has 2 aromatic rings. The van der Waals surface area contributed by atoms with Gasteiger partial charge in [-0.05, 0) is 30.7 Å². The summed E-state index contributed by atoms with van der Waals surface area (Å²) < 4.78 is 36.3. The van der Waals surface area contributed by atoms with E-state index in [1.54, 1.807) is 42.5 Å². The minimum atomic E-state index is -3.18. The van der Waals surface area contributed by atoms with Gasteiger partial charge in [0.25, 0.3) is 0 Å². The summed E-state index contributed by atoms with van der Waals surface area (Å²) in [6.07, 6.45) is 1.18. The zero-order valence-electron chi connectivity index (χ0n) is 12.0. The summed E-state index contributed by atoms with van der Waals surface area (Å²) in [5.41, 5.74) is 1.57. The second-order valence-electron chi connectivity index (χ2n) is 5.04. The highest BCUT2D eigenvalue weighted by Crippen LogP contribution is 2.17. The molecular weight excluding hydrogens is 289 g/mol. The minimum Gasteiger partial charge on any atom is -0.306 e. The van der Waals surface area contributed by atoms with Crippen molar-refractivity contribution in [3.05, 3.63) is 65.5 Å². The lowest BCUT2D eigenvalue weighted by atomic mass is 10.1. The normalized spacial score (nSPS) is 13.1. The van der Waals surface area contributed by atoms with Crippen LogP contribution in [0, 0.1) is 5.82 Å². The smallest absolute Gasteiger partial charge is 0.175 e. The number of rotatable bonds is 5. The van der Waals surface area contributed by atoms with E-state index < -0.39 is 9.84 Å². The molecule has 1 atom stereocenters. The molecule has 0 spiro atoms. The van der Waals surface area contributed by atoms with Crippen LogP contribution in [0.5, 0.6) is 0 Å². The maximum atomic E-state index is 13.5. The first-order valence-electron chi connectivity index (χ1n) is 6.65. The van der Waals surface area contributed by atoms with E-state index >= 15 is 0 Å². The molecule has 21 heavy (non-hydrogen) atoms. The molecule has 0 aliphatic carbocycles. The van der Waals surface area contributed by atoms with Crippen molar-refractivity contribution >= 4 is 9.84 Å². The van der Waals surface area contributed by atoms with Crippen molar-refractivity contribution in [1.29, 1.82) is 0 Å². The molecule has 2 aromatic carbocycles. The van der Waals surface area contributed by atoms with Crippen molar-refractivity contribution in [2.24, 2.45) is 0 Å². The maximum absolute atomic E-state index is 13.5. The third-order valence-corrected chi connectivity index (χ3v) is 4.49. The summed E-state index contributed by atoms with van der Waals surface area (Å²) in [6.45, 7) is 2.37. The van der Waals surface area contributed by atoms with Crippen LogP contribution >= 0.6 is 0 Å². The van der Waals surface area contributed by atoms with Crippen LogP contribution in [-0.2, 0) is 16.4 Å². The lowest BCUT2D eigenvalue weighted by Gasteiger charge is -2.15. The Morgan fingerprint density at radius 2 is 1.71 bits per heavy atom. The zero-order chi connectivity index (χ0) is 15.5. The summed E-state index contributed by atoms with van der Waals surface area (Å²) in [5, 5.41) is 3.22. The Bertz CT molecular complexity index is 711. The van der Waals surface area contributed by atoms with Crippen molar-refractivity contribution in [3.8, 4) is 0 Å². The second kappa shape index (κ2) is 6.37. The van der Waals surface area contributed by atoms with E-state index in [2.05, 4.69) is 5.32 Å². The van der Waals surface area contributed by atoms with Gasteiger partial charge in [-0.25, -0.2) is 12.8 Å². The Kier molecular flexibility index (Phi) is 4.75. The van der Waals surface area contributed by atoms with Gasteiger partial charge >= 0.3 is 0 Å². The molecule has 2 rings (SSSR count). The Balaban J connectivity index is 2.04. The van der Waals surface area contributed by atoms with Gasteiger partial charge in [-0.1, -0.05) is 30.3 Å². The molecule has 3 nitrogen and oxygen atoms in total. The van der Waals surface area contributed by atoms with Crippen molar-refractivity contribution in [1.82, 2.24) is 5.32 Å². The average molecular weight is 307 g/mol. The Hall–Kier alpha value is -1.72. The summed E-state index contributed by atoms with van der Waals surface area (Å²) in [7, 11) is -3.18. The zero-order valence-corrected chi connectivity index (χ0v) is 12.8. The quantitative estimate of drug-likeness (QED) is 0.923. The molecule has 0 saturated carbocycles. The van der Waals surface area contributed by atoms with Crippen molar-refractivity contribution in [2.45, 2.75) is 24.4 Å². The lowest BCUT2D eigenvalue weighted by molar-refractivity contribution is 0.544. The van der Waals surface area contributed by atoms with Gasteiger partial charge in [-0.2, -0.15) is 0 Å². The molecule has 0 radical (unpaired) electrons. The van der Waals surface area contributed by atoms with Gasteiger partial charge in [0.1, 0.15) is 5.82 Å². The predicted octanol–water partition coefficient (Wildman–Crippen LogP) is 3.08. The third kappa shape index (κ3) is 4.12. The Labute approximate surface area is 124 Å². The SMILES string of the molecule is CC(NCc1ccccc1F)c1ccc(S(C)(=O)=O)cc1. The van der Waals surface area contributed by atoms with Gasteiger partial charge in [0, 0.05) is 24.4 Å². The van der Waals surface area contributed by atoms with Crippen molar-refractivity contribution in [3.63, 3.8) is 0 Å². The van der Waals surface area contributed by atoms with Crippen molar-refractivity contribution < 1.29 is 12.8 Å². The summed E-state index contributed by atoms with van der Waals surface area (Å²) >= 11 is 0. The van der Waals surface area contributed by atoms with E-state index in [1.807, 2.05) is 6.92 Å². The highest BCUT2D eigenvalue weighted by atomic mass is 32.2. The summed E-state index contributed by atoms with van der Waals surface area (Å²) in [6, 6.07) is 13.4. The van der Waals surface area contributed by atoms with E-state index in [-0.39, 0.29) is 11.9 Å². The Morgan fingerprint density at radius 3 is 2.29 bits per heavy atom. The summed E-state index contributed by atoms with van der Waals surface area (Å²) in [5.74, 6) is -0.232. The number of nitrogens with one attached hydrogen (secondary N) is 1. The van der Waals surface area contributed by atoms with Crippen molar-refractivity contribution in [2.75, 3.05) is 6.26 Å². The van der Waals surface area contributed by atoms with E-state index in [0.717, 1.165) is 5.56 Å². The molecule has 0 bridgehead atoms. The number of benzene rings is 2. The number of sulfone groups is 1. The molecule has 0 saturated heterocycles. The molecule has 0 aliphatic rings. The second-order valence-corrected chi connectivity index (χ2v) is 7.05. The minimum absolute atomic E-state index is 0.00165. The largest absolute Gasteiger partial charge is 0.306 e. The van der Waals surface area contributed by atoms with Crippen LogP contribution in [0.1, 0.15) is 24.1 Å². The Morgan fingerprint density at radius 1 is 1.10 bits per heavy atom. The predicted molar refractivity (Wildman–Crippen MR) is 81.2 cm³/mol. The molecule has 0 heterocycles. The fraction of sp³-hybridized carbons (Fsp3) is 0.250. The molecule has 1 N–H and O–H groups in total. The number of hydrogen-bond donors (Lipinski definition) is 1. The standard InChI is InChI=1S/C16H18FNO2S/c1-12(18-11-14-5-3-4-6-16(14)17)13-7-9-15(10-8-13)21(2,19)20/h3-10,12,18H,11H2,1-2H3. The molecule has 112 valence electrons. The molecule has 5 heteroatoms. The van der Waals surface area contributed by atoms with Gasteiger partial charge in [0.05, 0.1) is 4.90 Å². The fourth-order valence-electron chi connectivity index (χ4n) is 2.03. The molecule has 0 fully saturated rings. The molecular formula is C16H18FNO2S. The molecule has 0 aliphatic heterocycles. The van der Waals surface area contributed by atoms with Gasteiger partial charge in [-0.15, -0.1) is 0 Å².